The summed E-state index contributed by atoms with van der Waals surface area (Å²) in [6, 6.07) is 10.6. The number of benzene rings is 2. The number of rotatable bonds is 5. The number of aryl methyl sites for hydroxylation is 3. The molecule has 132 valence electrons. The third-order valence-electron chi connectivity index (χ3n) is 4.29. The van der Waals surface area contributed by atoms with Crippen molar-refractivity contribution in [3.63, 3.8) is 0 Å². The fourth-order valence-corrected chi connectivity index (χ4v) is 3.79. The molecule has 0 aliphatic rings. The first-order valence-electron chi connectivity index (χ1n) is 8.34. The highest BCUT2D eigenvalue weighted by atomic mass is 32.2. The SMILES string of the molecule is CCn1nc2cc(C)cc(Oc3ccc(S(=O)(=O)CC)cc3)c2c1C. The maximum absolute atomic E-state index is 11.9. The summed E-state index contributed by atoms with van der Waals surface area (Å²) in [5, 5.41) is 5.59. The second-order valence-electron chi connectivity index (χ2n) is 6.04. The van der Waals surface area contributed by atoms with E-state index in [1.54, 1.807) is 31.2 Å². The first-order chi connectivity index (χ1) is 11.9. The Morgan fingerprint density at radius 3 is 2.36 bits per heavy atom. The summed E-state index contributed by atoms with van der Waals surface area (Å²) in [5.41, 5.74) is 3.02. The predicted molar refractivity (Wildman–Crippen MR) is 99.1 cm³/mol. The Morgan fingerprint density at radius 2 is 1.76 bits per heavy atom. The van der Waals surface area contributed by atoms with Crippen molar-refractivity contribution in [1.82, 2.24) is 9.78 Å². The van der Waals surface area contributed by atoms with Gasteiger partial charge in [-0.3, -0.25) is 4.68 Å². The molecule has 1 aromatic heterocycles. The third kappa shape index (κ3) is 3.26. The van der Waals surface area contributed by atoms with Gasteiger partial charge >= 0.3 is 0 Å². The Morgan fingerprint density at radius 1 is 1.08 bits per heavy atom. The number of fused-ring (bicyclic) bond motifs is 1. The lowest BCUT2D eigenvalue weighted by atomic mass is 10.1. The Hall–Kier alpha value is -2.34. The van der Waals surface area contributed by atoms with Gasteiger partial charge in [-0.15, -0.1) is 0 Å². The monoisotopic (exact) mass is 358 g/mol. The van der Waals surface area contributed by atoms with Crippen LogP contribution in [0.2, 0.25) is 0 Å². The Kier molecular flexibility index (Phi) is 4.56. The van der Waals surface area contributed by atoms with Gasteiger partial charge in [-0.25, -0.2) is 8.42 Å². The smallest absolute Gasteiger partial charge is 0.178 e. The molecule has 1 heterocycles. The third-order valence-corrected chi connectivity index (χ3v) is 6.04. The van der Waals surface area contributed by atoms with Crippen molar-refractivity contribution in [3.05, 3.63) is 47.7 Å². The number of aromatic nitrogens is 2. The number of hydrogen-bond acceptors (Lipinski definition) is 4. The van der Waals surface area contributed by atoms with Crippen LogP contribution in [-0.4, -0.2) is 24.0 Å². The largest absolute Gasteiger partial charge is 0.457 e. The fraction of sp³-hybridized carbons (Fsp3) is 0.316. The maximum Gasteiger partial charge on any atom is 0.178 e. The molecule has 0 N–H and O–H groups in total. The maximum atomic E-state index is 11.9. The second kappa shape index (κ2) is 6.52. The van der Waals surface area contributed by atoms with E-state index in [0.29, 0.717) is 10.6 Å². The van der Waals surface area contributed by atoms with Gasteiger partial charge in [0.05, 0.1) is 21.6 Å². The number of sulfone groups is 1. The van der Waals surface area contributed by atoms with E-state index >= 15 is 0 Å². The highest BCUT2D eigenvalue weighted by molar-refractivity contribution is 7.91. The van der Waals surface area contributed by atoms with Crippen LogP contribution in [-0.2, 0) is 16.4 Å². The van der Waals surface area contributed by atoms with E-state index in [1.807, 2.05) is 30.7 Å². The van der Waals surface area contributed by atoms with Crippen LogP contribution < -0.4 is 4.74 Å². The van der Waals surface area contributed by atoms with Gasteiger partial charge in [-0.2, -0.15) is 5.10 Å². The lowest BCUT2D eigenvalue weighted by molar-refractivity contribution is 0.487. The molecule has 0 radical (unpaired) electrons. The summed E-state index contributed by atoms with van der Waals surface area (Å²) >= 11 is 0. The molecule has 3 rings (SSSR count). The van der Waals surface area contributed by atoms with Crippen LogP contribution in [0.5, 0.6) is 11.5 Å². The van der Waals surface area contributed by atoms with Crippen LogP contribution in [0.3, 0.4) is 0 Å². The Labute approximate surface area is 148 Å². The van der Waals surface area contributed by atoms with Crippen molar-refractivity contribution in [3.8, 4) is 11.5 Å². The molecule has 0 atom stereocenters. The van der Waals surface area contributed by atoms with Crippen LogP contribution in [0, 0.1) is 13.8 Å². The molecule has 0 aliphatic carbocycles. The van der Waals surface area contributed by atoms with Crippen molar-refractivity contribution >= 4 is 20.7 Å². The molecule has 2 aromatic carbocycles. The van der Waals surface area contributed by atoms with Crippen LogP contribution in [0.1, 0.15) is 25.1 Å². The molecule has 0 saturated heterocycles. The number of nitrogens with zero attached hydrogens (tertiary/aromatic N) is 2. The molecule has 0 amide bonds. The molecule has 0 fully saturated rings. The quantitative estimate of drug-likeness (QED) is 0.684. The van der Waals surface area contributed by atoms with Gasteiger partial charge in [0.1, 0.15) is 11.5 Å². The summed E-state index contributed by atoms with van der Waals surface area (Å²) in [7, 11) is -3.20. The minimum Gasteiger partial charge on any atom is -0.457 e. The molecule has 0 spiro atoms. The molecule has 3 aromatic rings. The van der Waals surface area contributed by atoms with Crippen LogP contribution in [0.15, 0.2) is 41.3 Å². The predicted octanol–water partition coefficient (Wildman–Crippen LogP) is 4.26. The van der Waals surface area contributed by atoms with Gasteiger partial charge < -0.3 is 4.74 Å². The van der Waals surface area contributed by atoms with Gasteiger partial charge in [0, 0.05) is 12.2 Å². The van der Waals surface area contributed by atoms with E-state index < -0.39 is 9.84 Å². The zero-order valence-electron chi connectivity index (χ0n) is 14.9. The van der Waals surface area contributed by atoms with E-state index in [-0.39, 0.29) is 5.75 Å². The number of hydrogen-bond donors (Lipinski definition) is 0. The highest BCUT2D eigenvalue weighted by Crippen LogP contribution is 2.33. The molecule has 0 bridgehead atoms. The molecule has 6 heteroatoms. The van der Waals surface area contributed by atoms with Crippen molar-refractivity contribution in [2.75, 3.05) is 5.75 Å². The van der Waals surface area contributed by atoms with Crippen LogP contribution >= 0.6 is 0 Å². The van der Waals surface area contributed by atoms with E-state index in [9.17, 15) is 8.42 Å². The van der Waals surface area contributed by atoms with Gasteiger partial charge in [-0.1, -0.05) is 6.92 Å². The van der Waals surface area contributed by atoms with E-state index in [2.05, 4.69) is 12.0 Å². The highest BCUT2D eigenvalue weighted by Gasteiger charge is 2.15. The molecule has 0 saturated carbocycles. The Bertz CT molecular complexity index is 1020. The molecular formula is C19H22N2O3S. The van der Waals surface area contributed by atoms with Crippen molar-refractivity contribution in [2.24, 2.45) is 0 Å². The minimum absolute atomic E-state index is 0.0844. The van der Waals surface area contributed by atoms with E-state index in [4.69, 9.17) is 4.74 Å². The molecule has 0 aliphatic heterocycles. The lowest BCUT2D eigenvalue weighted by Gasteiger charge is -2.10. The minimum atomic E-state index is -3.20. The van der Waals surface area contributed by atoms with E-state index in [0.717, 1.165) is 34.5 Å². The summed E-state index contributed by atoms with van der Waals surface area (Å²) in [5.74, 6) is 1.42. The van der Waals surface area contributed by atoms with Crippen molar-refractivity contribution in [2.45, 2.75) is 39.1 Å². The standard InChI is InChI=1S/C19H22N2O3S/c1-5-21-14(4)19-17(20-21)11-13(3)12-18(19)24-15-7-9-16(10-8-15)25(22,23)6-2/h7-12H,5-6H2,1-4H3. The van der Waals surface area contributed by atoms with Gasteiger partial charge in [0.2, 0.25) is 0 Å². The summed E-state index contributed by atoms with van der Waals surface area (Å²) < 4.78 is 31.9. The zero-order valence-corrected chi connectivity index (χ0v) is 15.7. The molecular weight excluding hydrogens is 336 g/mol. The van der Waals surface area contributed by atoms with E-state index in [1.165, 1.54) is 0 Å². The second-order valence-corrected chi connectivity index (χ2v) is 8.31. The topological polar surface area (TPSA) is 61.2 Å². The van der Waals surface area contributed by atoms with Crippen molar-refractivity contribution < 1.29 is 13.2 Å². The zero-order chi connectivity index (χ0) is 18.2. The van der Waals surface area contributed by atoms with Crippen molar-refractivity contribution in [1.29, 1.82) is 0 Å². The molecule has 0 unspecified atom stereocenters. The number of ether oxygens (including phenoxy) is 1. The first-order valence-corrected chi connectivity index (χ1v) is 9.99. The molecule has 5 nitrogen and oxygen atoms in total. The fourth-order valence-electron chi connectivity index (χ4n) is 2.91. The summed E-state index contributed by atoms with van der Waals surface area (Å²) in [6.45, 7) is 8.51. The normalized spacial score (nSPS) is 11.8. The first kappa shape index (κ1) is 17.5. The van der Waals surface area contributed by atoms with Crippen LogP contribution in [0.4, 0.5) is 0 Å². The Balaban J connectivity index is 2.02. The molecule has 25 heavy (non-hydrogen) atoms. The van der Waals surface area contributed by atoms with Gasteiger partial charge in [0.15, 0.2) is 9.84 Å². The summed E-state index contributed by atoms with van der Waals surface area (Å²) in [6.07, 6.45) is 0. The summed E-state index contributed by atoms with van der Waals surface area (Å²) in [4.78, 5) is 0.312. The average Bonchev–Trinajstić information content (AvgIpc) is 2.91. The van der Waals surface area contributed by atoms with Gasteiger partial charge in [-0.05, 0) is 62.7 Å². The van der Waals surface area contributed by atoms with Gasteiger partial charge in [0.25, 0.3) is 0 Å². The lowest BCUT2D eigenvalue weighted by Crippen LogP contribution is -2.03. The van der Waals surface area contributed by atoms with Crippen LogP contribution in [0.25, 0.3) is 10.9 Å². The average molecular weight is 358 g/mol.